The summed E-state index contributed by atoms with van der Waals surface area (Å²) in [5.74, 6) is -0.110. The van der Waals surface area contributed by atoms with Crippen LogP contribution in [0, 0.1) is 0 Å². The van der Waals surface area contributed by atoms with Crippen LogP contribution in [0.3, 0.4) is 0 Å². The van der Waals surface area contributed by atoms with E-state index < -0.39 is 12.0 Å². The summed E-state index contributed by atoms with van der Waals surface area (Å²) in [6, 6.07) is 7.70. The van der Waals surface area contributed by atoms with E-state index in [-0.39, 0.29) is 18.2 Å². The van der Waals surface area contributed by atoms with Crippen LogP contribution in [0.2, 0.25) is 0 Å². The lowest BCUT2D eigenvalue weighted by molar-refractivity contribution is -0.152. The van der Waals surface area contributed by atoms with E-state index in [1.165, 1.54) is 24.3 Å². The molecular weight excluding hydrogens is 310 g/mol. The molecule has 6 heteroatoms. The van der Waals surface area contributed by atoms with Gasteiger partial charge in [-0.2, -0.15) is 0 Å². The summed E-state index contributed by atoms with van der Waals surface area (Å²) in [5, 5.41) is 9.64. The first kappa shape index (κ1) is 15.9. The number of hydrogen-bond acceptors (Lipinski definition) is 5. The zero-order valence-corrected chi connectivity index (χ0v) is 13.1. The molecule has 3 rings (SSSR count). The zero-order chi connectivity index (χ0) is 17.1. The Labute approximate surface area is 138 Å². The first-order chi connectivity index (χ1) is 11.6. The minimum absolute atomic E-state index is 0.129. The van der Waals surface area contributed by atoms with E-state index in [9.17, 15) is 14.7 Å². The largest absolute Gasteiger partial charge is 0.508 e. The lowest BCUT2D eigenvalue weighted by atomic mass is 9.93. The summed E-state index contributed by atoms with van der Waals surface area (Å²) in [7, 11) is 1.30. The van der Waals surface area contributed by atoms with Gasteiger partial charge >= 0.3 is 5.97 Å². The van der Waals surface area contributed by atoms with Gasteiger partial charge in [0.15, 0.2) is 0 Å². The van der Waals surface area contributed by atoms with Gasteiger partial charge in [-0.25, -0.2) is 4.79 Å². The molecule has 1 aromatic carbocycles. The number of nitrogens with zero attached hydrogens (tertiary/aromatic N) is 1. The maximum atomic E-state index is 12.5. The Morgan fingerprint density at radius 3 is 2.88 bits per heavy atom. The van der Waals surface area contributed by atoms with Crippen LogP contribution in [0.25, 0.3) is 6.08 Å². The smallest absolute Gasteiger partial charge is 0.328 e. The van der Waals surface area contributed by atoms with Gasteiger partial charge in [-0.15, -0.1) is 0 Å². The summed E-state index contributed by atoms with van der Waals surface area (Å²) >= 11 is 0. The second kappa shape index (κ2) is 6.62. The fourth-order valence-corrected chi connectivity index (χ4v) is 2.78. The first-order valence-electron chi connectivity index (χ1n) is 7.49. The highest BCUT2D eigenvalue weighted by Crippen LogP contribution is 2.27. The van der Waals surface area contributed by atoms with Crippen LogP contribution in [0.5, 0.6) is 5.75 Å². The molecule has 0 spiro atoms. The van der Waals surface area contributed by atoms with Gasteiger partial charge in [0.05, 0.1) is 13.4 Å². The number of fused-ring (bicyclic) bond motifs is 1. The van der Waals surface area contributed by atoms with Gasteiger partial charge in [0.2, 0.25) is 5.91 Å². The number of ether oxygens (including phenoxy) is 1. The number of esters is 1. The van der Waals surface area contributed by atoms with Crippen LogP contribution in [-0.4, -0.2) is 35.0 Å². The topological polar surface area (TPSA) is 80.0 Å². The van der Waals surface area contributed by atoms with Gasteiger partial charge in [0.1, 0.15) is 17.6 Å². The number of furan rings is 1. The lowest BCUT2D eigenvalue weighted by Gasteiger charge is -2.34. The van der Waals surface area contributed by atoms with Crippen LogP contribution < -0.4 is 0 Å². The predicted octanol–water partition coefficient (Wildman–Crippen LogP) is 2.12. The number of aromatic hydroxyl groups is 1. The van der Waals surface area contributed by atoms with Gasteiger partial charge in [-0.1, -0.05) is 6.07 Å². The van der Waals surface area contributed by atoms with Crippen molar-refractivity contribution in [2.24, 2.45) is 0 Å². The van der Waals surface area contributed by atoms with E-state index in [0.717, 1.165) is 11.1 Å². The van der Waals surface area contributed by atoms with Crippen molar-refractivity contribution in [3.63, 3.8) is 0 Å². The molecule has 2 heterocycles. The van der Waals surface area contributed by atoms with Gasteiger partial charge in [0.25, 0.3) is 0 Å². The molecule has 0 unspecified atom stereocenters. The SMILES string of the molecule is COC(=O)[C@@H]1Cc2ccc(O)cc2CN1C(=O)/C=C/c1ccco1. The van der Waals surface area contributed by atoms with Crippen molar-refractivity contribution in [1.29, 1.82) is 0 Å². The molecule has 1 amide bonds. The maximum absolute atomic E-state index is 12.5. The highest BCUT2D eigenvalue weighted by Gasteiger charge is 2.34. The number of carbonyl (C=O) groups is 2. The molecule has 0 aliphatic carbocycles. The number of rotatable bonds is 3. The number of hydrogen-bond donors (Lipinski definition) is 1. The molecule has 1 atom stereocenters. The molecule has 0 bridgehead atoms. The number of amides is 1. The summed E-state index contributed by atoms with van der Waals surface area (Å²) < 4.78 is 9.99. The number of methoxy groups -OCH3 is 1. The Morgan fingerprint density at radius 2 is 2.17 bits per heavy atom. The average molecular weight is 327 g/mol. The Balaban J connectivity index is 1.87. The number of carbonyl (C=O) groups excluding carboxylic acids is 2. The summed E-state index contributed by atoms with van der Waals surface area (Å²) in [5.41, 5.74) is 1.73. The van der Waals surface area contributed by atoms with Crippen molar-refractivity contribution in [2.45, 2.75) is 19.0 Å². The molecule has 124 valence electrons. The normalized spacial score (nSPS) is 16.9. The van der Waals surface area contributed by atoms with E-state index in [0.29, 0.717) is 12.2 Å². The molecule has 0 saturated heterocycles. The zero-order valence-electron chi connectivity index (χ0n) is 13.1. The van der Waals surface area contributed by atoms with Crippen LogP contribution in [0.4, 0.5) is 0 Å². The molecule has 1 aliphatic rings. The second-order valence-electron chi connectivity index (χ2n) is 5.51. The molecule has 6 nitrogen and oxygen atoms in total. The Bertz CT molecular complexity index is 779. The molecule has 2 aromatic rings. The molecule has 0 fully saturated rings. The molecule has 1 N–H and O–H groups in total. The predicted molar refractivity (Wildman–Crippen MR) is 85.9 cm³/mol. The number of phenols is 1. The highest BCUT2D eigenvalue weighted by atomic mass is 16.5. The Morgan fingerprint density at radius 1 is 1.33 bits per heavy atom. The van der Waals surface area contributed by atoms with Crippen molar-refractivity contribution < 1.29 is 23.8 Å². The van der Waals surface area contributed by atoms with E-state index in [4.69, 9.17) is 9.15 Å². The lowest BCUT2D eigenvalue weighted by Crippen LogP contribution is -2.48. The maximum Gasteiger partial charge on any atom is 0.328 e. The fraction of sp³-hybridized carbons (Fsp3) is 0.222. The number of phenolic OH excluding ortho intramolecular Hbond substituents is 1. The van der Waals surface area contributed by atoms with Crippen molar-refractivity contribution in [3.05, 3.63) is 59.6 Å². The van der Waals surface area contributed by atoms with Gasteiger partial charge in [-0.05, 0) is 41.5 Å². The van der Waals surface area contributed by atoms with E-state index >= 15 is 0 Å². The quantitative estimate of drug-likeness (QED) is 0.690. The standard InChI is InChI=1S/C18H17NO5/c1-23-18(22)16-10-12-4-5-14(20)9-13(12)11-19(16)17(21)7-6-15-3-2-8-24-15/h2-9,16,20H,10-11H2,1H3/b7-6+/t16-/m0/s1. The van der Waals surface area contributed by atoms with E-state index in [1.54, 1.807) is 36.4 Å². The van der Waals surface area contributed by atoms with E-state index in [1.807, 2.05) is 0 Å². The molecule has 1 aromatic heterocycles. The summed E-state index contributed by atoms with van der Waals surface area (Å²) in [6.07, 6.45) is 4.78. The third-order valence-electron chi connectivity index (χ3n) is 4.01. The van der Waals surface area contributed by atoms with Crippen LogP contribution in [-0.2, 0) is 27.3 Å². The highest BCUT2D eigenvalue weighted by molar-refractivity contribution is 5.94. The molecule has 1 aliphatic heterocycles. The molecule has 0 saturated carbocycles. The average Bonchev–Trinajstić information content (AvgIpc) is 3.11. The van der Waals surface area contributed by atoms with Crippen molar-refractivity contribution >= 4 is 18.0 Å². The van der Waals surface area contributed by atoms with Crippen LogP contribution in [0.15, 0.2) is 47.1 Å². The minimum atomic E-state index is -0.694. The minimum Gasteiger partial charge on any atom is -0.508 e. The Kier molecular flexibility index (Phi) is 4.37. The fourth-order valence-electron chi connectivity index (χ4n) is 2.78. The monoisotopic (exact) mass is 327 g/mol. The summed E-state index contributed by atoms with van der Waals surface area (Å²) in [4.78, 5) is 26.1. The number of benzene rings is 1. The van der Waals surface area contributed by atoms with E-state index in [2.05, 4.69) is 0 Å². The summed E-state index contributed by atoms with van der Waals surface area (Å²) in [6.45, 7) is 0.227. The van der Waals surface area contributed by atoms with Gasteiger partial charge in [0, 0.05) is 19.0 Å². The molecular formula is C18H17NO5. The van der Waals surface area contributed by atoms with Crippen molar-refractivity contribution in [3.8, 4) is 5.75 Å². The first-order valence-corrected chi connectivity index (χ1v) is 7.49. The molecule has 24 heavy (non-hydrogen) atoms. The Hall–Kier alpha value is -3.02. The third kappa shape index (κ3) is 3.17. The van der Waals surface area contributed by atoms with Gasteiger partial charge in [-0.3, -0.25) is 4.79 Å². The third-order valence-corrected chi connectivity index (χ3v) is 4.01. The van der Waals surface area contributed by atoms with Crippen molar-refractivity contribution in [2.75, 3.05) is 7.11 Å². The van der Waals surface area contributed by atoms with Crippen LogP contribution >= 0.6 is 0 Å². The van der Waals surface area contributed by atoms with Crippen molar-refractivity contribution in [1.82, 2.24) is 4.90 Å². The molecule has 0 radical (unpaired) electrons. The van der Waals surface area contributed by atoms with Gasteiger partial charge < -0.3 is 19.2 Å². The van der Waals surface area contributed by atoms with Crippen LogP contribution in [0.1, 0.15) is 16.9 Å². The second-order valence-corrected chi connectivity index (χ2v) is 5.51.